The molecule has 3 aromatic rings. The number of halogens is 2. The Morgan fingerprint density at radius 3 is 2.16 bits per heavy atom. The third kappa shape index (κ3) is 4.51. The fourth-order valence-corrected chi connectivity index (χ4v) is 8.81. The van der Waals surface area contributed by atoms with Crippen LogP contribution in [-0.4, -0.2) is 45.5 Å². The zero-order chi connectivity index (χ0) is 26.6. The predicted molar refractivity (Wildman–Crippen MR) is 155 cm³/mol. The SMILES string of the molecule is O=C(Cn1c2c(sc1=O)C(c1ccc(Br)cc1)C1C(=O)N(c3ccc(Br)cc3)C(=O)C1S2)N1CCCCC1. The van der Waals surface area contributed by atoms with Crippen LogP contribution >= 0.6 is 55.0 Å². The van der Waals surface area contributed by atoms with Crippen molar-refractivity contribution in [3.8, 4) is 0 Å². The molecule has 3 unspecified atom stereocenters. The van der Waals surface area contributed by atoms with Gasteiger partial charge < -0.3 is 4.90 Å². The van der Waals surface area contributed by atoms with Gasteiger partial charge in [-0.1, -0.05) is 67.1 Å². The molecule has 4 heterocycles. The van der Waals surface area contributed by atoms with E-state index < -0.39 is 17.1 Å². The van der Waals surface area contributed by atoms with E-state index in [1.807, 2.05) is 29.2 Å². The zero-order valence-corrected chi connectivity index (χ0v) is 24.9. The zero-order valence-electron chi connectivity index (χ0n) is 20.1. The van der Waals surface area contributed by atoms with Gasteiger partial charge in [0.1, 0.15) is 11.8 Å². The van der Waals surface area contributed by atoms with Gasteiger partial charge in [-0.3, -0.25) is 23.7 Å². The Labute approximate surface area is 244 Å². The lowest BCUT2D eigenvalue weighted by Gasteiger charge is -2.31. The lowest BCUT2D eigenvalue weighted by atomic mass is 9.83. The Bertz CT molecular complexity index is 1480. The summed E-state index contributed by atoms with van der Waals surface area (Å²) in [5, 5.41) is -0.0732. The monoisotopic (exact) mass is 675 g/mol. The van der Waals surface area contributed by atoms with E-state index >= 15 is 0 Å². The average molecular weight is 677 g/mol. The van der Waals surface area contributed by atoms with Crippen LogP contribution in [0.3, 0.4) is 0 Å². The number of aromatic nitrogens is 1. The summed E-state index contributed by atoms with van der Waals surface area (Å²) >= 11 is 9.22. The number of carbonyl (C=O) groups excluding carboxylic acids is 3. The molecule has 38 heavy (non-hydrogen) atoms. The summed E-state index contributed by atoms with van der Waals surface area (Å²) in [6.07, 6.45) is 3.04. The second kappa shape index (κ2) is 10.4. The number of hydrogen-bond donors (Lipinski definition) is 0. The van der Waals surface area contributed by atoms with Crippen molar-refractivity contribution in [2.45, 2.75) is 42.0 Å². The Kier molecular flexibility index (Phi) is 7.13. The van der Waals surface area contributed by atoms with E-state index in [0.29, 0.717) is 23.8 Å². The highest BCUT2D eigenvalue weighted by atomic mass is 79.9. The highest BCUT2D eigenvalue weighted by Crippen LogP contribution is 2.54. The van der Waals surface area contributed by atoms with Gasteiger partial charge >= 0.3 is 4.87 Å². The van der Waals surface area contributed by atoms with Crippen LogP contribution in [0, 0.1) is 5.92 Å². The lowest BCUT2D eigenvalue weighted by molar-refractivity contribution is -0.133. The molecule has 0 bridgehead atoms. The van der Waals surface area contributed by atoms with Crippen LogP contribution in [0.2, 0.25) is 0 Å². The van der Waals surface area contributed by atoms with Crippen molar-refractivity contribution in [1.29, 1.82) is 0 Å². The van der Waals surface area contributed by atoms with Crippen LogP contribution in [0.4, 0.5) is 5.69 Å². The molecule has 3 amide bonds. The molecular formula is C27H23Br2N3O4S2. The number of amides is 3. The minimum absolute atomic E-state index is 0.0549. The number of nitrogens with zero attached hydrogens (tertiary/aromatic N) is 3. The fourth-order valence-electron chi connectivity index (χ4n) is 5.51. The first-order valence-corrected chi connectivity index (χ1v) is 15.7. The largest absolute Gasteiger partial charge is 0.341 e. The second-order valence-electron chi connectivity index (χ2n) is 9.65. The molecule has 7 nitrogen and oxygen atoms in total. The van der Waals surface area contributed by atoms with Gasteiger partial charge in [-0.05, 0) is 61.2 Å². The number of hydrogen-bond acceptors (Lipinski definition) is 6. The third-order valence-electron chi connectivity index (χ3n) is 7.37. The molecule has 1 aromatic heterocycles. The Hall–Kier alpha value is -2.21. The number of fused-ring (bicyclic) bond motifs is 2. The summed E-state index contributed by atoms with van der Waals surface area (Å²) in [6, 6.07) is 14.8. The molecule has 3 atom stereocenters. The lowest BCUT2D eigenvalue weighted by Crippen LogP contribution is -2.39. The van der Waals surface area contributed by atoms with Crippen molar-refractivity contribution < 1.29 is 14.4 Å². The van der Waals surface area contributed by atoms with Gasteiger partial charge in [0.2, 0.25) is 17.7 Å². The van der Waals surface area contributed by atoms with E-state index in [1.54, 1.807) is 24.3 Å². The number of anilines is 1. The molecule has 2 saturated heterocycles. The molecular weight excluding hydrogens is 654 g/mol. The van der Waals surface area contributed by atoms with Gasteiger partial charge in [0.05, 0.1) is 16.6 Å². The molecule has 196 valence electrons. The van der Waals surface area contributed by atoms with Crippen LogP contribution in [0.5, 0.6) is 0 Å². The van der Waals surface area contributed by atoms with Gasteiger partial charge in [-0.2, -0.15) is 0 Å². The van der Waals surface area contributed by atoms with Gasteiger partial charge in [0, 0.05) is 32.8 Å². The van der Waals surface area contributed by atoms with E-state index in [0.717, 1.165) is 50.0 Å². The highest BCUT2D eigenvalue weighted by Gasteiger charge is 2.56. The van der Waals surface area contributed by atoms with Crippen LogP contribution < -0.4 is 9.77 Å². The van der Waals surface area contributed by atoms with Gasteiger partial charge in [-0.15, -0.1) is 0 Å². The maximum atomic E-state index is 13.9. The normalized spacial score (nSPS) is 22.9. The summed E-state index contributed by atoms with van der Waals surface area (Å²) in [5.41, 5.74) is 1.38. The number of imide groups is 1. The molecule has 3 aliphatic rings. The third-order valence-corrected chi connectivity index (χ3v) is 11.0. The minimum Gasteiger partial charge on any atom is -0.341 e. The van der Waals surface area contributed by atoms with Crippen molar-refractivity contribution >= 4 is 78.4 Å². The Balaban J connectivity index is 1.43. The van der Waals surface area contributed by atoms with Crippen molar-refractivity contribution in [1.82, 2.24) is 9.47 Å². The molecule has 0 N–H and O–H groups in total. The number of likely N-dealkylation sites (tertiary alicyclic amines) is 1. The maximum absolute atomic E-state index is 13.9. The van der Waals surface area contributed by atoms with Crippen LogP contribution in [0.15, 0.2) is 67.3 Å². The summed E-state index contributed by atoms with van der Waals surface area (Å²) in [4.78, 5) is 57.7. The molecule has 11 heteroatoms. The first-order chi connectivity index (χ1) is 18.3. The average Bonchev–Trinajstić information content (AvgIpc) is 3.36. The highest BCUT2D eigenvalue weighted by molar-refractivity contribution is 9.10. The van der Waals surface area contributed by atoms with Crippen molar-refractivity contribution in [2.24, 2.45) is 5.92 Å². The molecule has 0 radical (unpaired) electrons. The minimum atomic E-state index is -0.697. The number of thiazole rings is 1. The molecule has 0 saturated carbocycles. The number of benzene rings is 2. The van der Waals surface area contributed by atoms with Crippen molar-refractivity contribution in [3.05, 3.63) is 77.6 Å². The summed E-state index contributed by atoms with van der Waals surface area (Å²) < 4.78 is 3.26. The topological polar surface area (TPSA) is 79.7 Å². The Morgan fingerprint density at radius 1 is 0.868 bits per heavy atom. The molecule has 0 spiro atoms. The van der Waals surface area contributed by atoms with Crippen molar-refractivity contribution in [3.63, 3.8) is 0 Å². The second-order valence-corrected chi connectivity index (χ2v) is 13.6. The first-order valence-electron chi connectivity index (χ1n) is 12.4. The summed E-state index contributed by atoms with van der Waals surface area (Å²) in [6.45, 7) is 1.35. The molecule has 2 aromatic carbocycles. The number of thioether (sulfide) groups is 1. The number of rotatable bonds is 4. The number of carbonyl (C=O) groups is 3. The fraction of sp³-hybridized carbons (Fsp3) is 0.333. The maximum Gasteiger partial charge on any atom is 0.308 e. The summed E-state index contributed by atoms with van der Waals surface area (Å²) in [7, 11) is 0. The predicted octanol–water partition coefficient (Wildman–Crippen LogP) is 5.24. The van der Waals surface area contributed by atoms with Gasteiger partial charge in [0.15, 0.2) is 0 Å². The van der Waals surface area contributed by atoms with E-state index in [1.165, 1.54) is 21.2 Å². The van der Waals surface area contributed by atoms with Gasteiger partial charge in [0.25, 0.3) is 0 Å². The van der Waals surface area contributed by atoms with E-state index in [-0.39, 0.29) is 29.1 Å². The first kappa shape index (κ1) is 26.0. The Morgan fingerprint density at radius 2 is 1.50 bits per heavy atom. The standard InChI is InChI=1S/C27H23Br2N3O4S2/c28-16-6-4-15(5-7-16)20-21-22(25(35)32(24(21)34)18-10-8-17(29)9-11-18)37-26-23(20)38-27(36)31(26)14-19(33)30-12-2-1-3-13-30/h4-11,20-22H,1-3,12-14H2. The molecule has 6 rings (SSSR count). The molecule has 2 fully saturated rings. The van der Waals surface area contributed by atoms with Gasteiger partial charge in [-0.25, -0.2) is 4.90 Å². The van der Waals surface area contributed by atoms with Crippen LogP contribution in [0.1, 0.15) is 35.6 Å². The van der Waals surface area contributed by atoms with Crippen molar-refractivity contribution in [2.75, 3.05) is 18.0 Å². The molecule has 3 aliphatic heterocycles. The smallest absolute Gasteiger partial charge is 0.308 e. The van der Waals surface area contributed by atoms with Crippen LogP contribution in [-0.2, 0) is 20.9 Å². The quantitative estimate of drug-likeness (QED) is 0.353. The van der Waals surface area contributed by atoms with E-state index in [4.69, 9.17) is 0 Å². The van der Waals surface area contributed by atoms with Crippen LogP contribution in [0.25, 0.3) is 0 Å². The number of piperidine rings is 1. The van der Waals surface area contributed by atoms with E-state index in [2.05, 4.69) is 31.9 Å². The summed E-state index contributed by atoms with van der Waals surface area (Å²) in [5.74, 6) is -1.78. The van der Waals surface area contributed by atoms with E-state index in [9.17, 15) is 19.2 Å². The molecule has 0 aliphatic carbocycles.